The van der Waals surface area contributed by atoms with Gasteiger partial charge < -0.3 is 25.6 Å². The Bertz CT molecular complexity index is 1460. The molecule has 8 nitrogen and oxygen atoms in total. The number of aliphatic carboxylic acids is 1. The van der Waals surface area contributed by atoms with E-state index >= 15 is 0 Å². The minimum absolute atomic E-state index is 0.0163. The zero-order valence-corrected chi connectivity index (χ0v) is 24.8. The van der Waals surface area contributed by atoms with E-state index in [1.54, 1.807) is 30.0 Å². The van der Waals surface area contributed by atoms with Crippen LogP contribution in [0.2, 0.25) is 0 Å². The summed E-state index contributed by atoms with van der Waals surface area (Å²) in [6.45, 7) is 1.11. The van der Waals surface area contributed by atoms with Crippen molar-refractivity contribution in [3.8, 4) is 11.8 Å². The summed E-state index contributed by atoms with van der Waals surface area (Å²) in [4.78, 5) is 26.0. The van der Waals surface area contributed by atoms with Gasteiger partial charge >= 0.3 is 12.1 Å². The van der Waals surface area contributed by atoms with E-state index in [1.165, 1.54) is 4.57 Å². The zero-order chi connectivity index (χ0) is 30.8. The third-order valence-corrected chi connectivity index (χ3v) is 7.92. The number of hydrogen-bond donors (Lipinski definition) is 4. The molecular weight excluding hydrogens is 579 g/mol. The average molecular weight is 616 g/mol. The number of halogens is 3. The van der Waals surface area contributed by atoms with E-state index in [4.69, 9.17) is 5.11 Å². The molecule has 1 aliphatic rings. The van der Waals surface area contributed by atoms with E-state index in [0.717, 1.165) is 29.1 Å². The Morgan fingerprint density at radius 2 is 1.86 bits per heavy atom. The molecule has 4 rings (SSSR count). The summed E-state index contributed by atoms with van der Waals surface area (Å²) >= 11 is 1.64. The standard InChI is InChI=1S/C31H36F3N5O3S/c1-43-25-11-9-22(10-12-25)35-15-3-5-24-19-26-27(6-2-7-28(26)39(24)21-31(32,33)34)37-23-13-17-38(18-14-23)20-29(40)36-16-4-8-30(41)42/h2,6-7,9-12,19,23,35,37H,4,8,13-18,20-21H2,1H3,(H,36,40)(H,41,42). The molecule has 1 fully saturated rings. The van der Waals surface area contributed by atoms with Crippen molar-refractivity contribution in [2.75, 3.05) is 49.6 Å². The molecule has 1 amide bonds. The van der Waals surface area contributed by atoms with Gasteiger partial charge in [-0.15, -0.1) is 11.8 Å². The maximum Gasteiger partial charge on any atom is 0.406 e. The number of anilines is 2. The highest BCUT2D eigenvalue weighted by atomic mass is 32.2. The number of carboxylic acid groups (broad SMARTS) is 1. The zero-order valence-electron chi connectivity index (χ0n) is 24.0. The number of alkyl halides is 3. The molecular formula is C31H36F3N5O3S. The van der Waals surface area contributed by atoms with Gasteiger partial charge in [-0.25, -0.2) is 0 Å². The highest BCUT2D eigenvalue weighted by Crippen LogP contribution is 2.31. The van der Waals surface area contributed by atoms with Crippen molar-refractivity contribution in [2.45, 2.75) is 49.3 Å². The van der Waals surface area contributed by atoms with Gasteiger partial charge in [0.05, 0.1) is 24.3 Å². The Hall–Kier alpha value is -3.82. The van der Waals surface area contributed by atoms with Crippen LogP contribution in [0.3, 0.4) is 0 Å². The average Bonchev–Trinajstić information content (AvgIpc) is 3.31. The predicted molar refractivity (Wildman–Crippen MR) is 165 cm³/mol. The summed E-state index contributed by atoms with van der Waals surface area (Å²) in [5.41, 5.74) is 2.40. The van der Waals surface area contributed by atoms with Crippen molar-refractivity contribution in [3.63, 3.8) is 0 Å². The van der Waals surface area contributed by atoms with Crippen LogP contribution < -0.4 is 16.0 Å². The molecule has 0 spiro atoms. The number of aromatic nitrogens is 1. The number of carbonyl (C=O) groups excluding carboxylic acids is 1. The Morgan fingerprint density at radius 3 is 2.53 bits per heavy atom. The Kier molecular flexibility index (Phi) is 11.3. The fourth-order valence-electron chi connectivity index (χ4n) is 5.04. The number of benzene rings is 2. The summed E-state index contributed by atoms with van der Waals surface area (Å²) in [7, 11) is 0. The van der Waals surface area contributed by atoms with Crippen LogP contribution in [0.4, 0.5) is 24.5 Å². The summed E-state index contributed by atoms with van der Waals surface area (Å²) in [6.07, 6.45) is -0.469. The lowest BCUT2D eigenvalue weighted by Gasteiger charge is -2.32. The van der Waals surface area contributed by atoms with Crippen LogP contribution >= 0.6 is 11.8 Å². The van der Waals surface area contributed by atoms with Crippen molar-refractivity contribution in [3.05, 3.63) is 54.2 Å². The minimum atomic E-state index is -4.40. The summed E-state index contributed by atoms with van der Waals surface area (Å²) in [6, 6.07) is 15.0. The Balaban J connectivity index is 1.39. The van der Waals surface area contributed by atoms with E-state index in [-0.39, 0.29) is 31.5 Å². The first-order valence-electron chi connectivity index (χ1n) is 14.1. The Labute approximate surface area is 253 Å². The smallest absolute Gasteiger partial charge is 0.406 e. The van der Waals surface area contributed by atoms with Crippen LogP contribution in [0.25, 0.3) is 10.9 Å². The second-order valence-corrected chi connectivity index (χ2v) is 11.3. The van der Waals surface area contributed by atoms with Crippen molar-refractivity contribution in [1.82, 2.24) is 14.8 Å². The van der Waals surface area contributed by atoms with Crippen molar-refractivity contribution < 1.29 is 27.9 Å². The highest BCUT2D eigenvalue weighted by Gasteiger charge is 2.30. The summed E-state index contributed by atoms with van der Waals surface area (Å²) in [5.74, 6) is 4.89. The van der Waals surface area contributed by atoms with Crippen LogP contribution in [0.1, 0.15) is 31.4 Å². The summed E-state index contributed by atoms with van der Waals surface area (Å²) in [5, 5.41) is 18.8. The SMILES string of the molecule is CSc1ccc(NCC#Cc2cc3c(NC4CCN(CC(=O)NCCCC(=O)O)CC4)cccc3n2CC(F)(F)F)cc1. The van der Waals surface area contributed by atoms with Crippen molar-refractivity contribution in [1.29, 1.82) is 0 Å². The van der Waals surface area contributed by atoms with Gasteiger partial charge in [-0.05, 0) is 73.9 Å². The number of nitrogens with zero attached hydrogens (tertiary/aromatic N) is 2. The van der Waals surface area contributed by atoms with Gasteiger partial charge in [-0.3, -0.25) is 14.5 Å². The van der Waals surface area contributed by atoms with Gasteiger partial charge in [0.2, 0.25) is 5.91 Å². The first kappa shape index (κ1) is 32.1. The van der Waals surface area contributed by atoms with Gasteiger partial charge in [-0.2, -0.15) is 13.2 Å². The number of thioether (sulfide) groups is 1. The molecule has 2 heterocycles. The molecule has 0 atom stereocenters. The molecule has 4 N–H and O–H groups in total. The monoisotopic (exact) mass is 615 g/mol. The third kappa shape index (κ3) is 9.86. The molecule has 0 saturated carbocycles. The van der Waals surface area contributed by atoms with E-state index < -0.39 is 18.7 Å². The third-order valence-electron chi connectivity index (χ3n) is 7.17. The van der Waals surface area contributed by atoms with E-state index in [1.807, 2.05) is 41.5 Å². The molecule has 3 aromatic rings. The van der Waals surface area contributed by atoms with Crippen LogP contribution in [-0.2, 0) is 16.1 Å². The Morgan fingerprint density at radius 1 is 1.12 bits per heavy atom. The number of nitrogens with one attached hydrogen (secondary N) is 3. The van der Waals surface area contributed by atoms with Gasteiger partial charge in [0.15, 0.2) is 0 Å². The van der Waals surface area contributed by atoms with Crippen molar-refractivity contribution in [2.24, 2.45) is 0 Å². The van der Waals surface area contributed by atoms with E-state index in [2.05, 4.69) is 27.8 Å². The number of likely N-dealkylation sites (tertiary alicyclic amines) is 1. The number of carbonyl (C=O) groups is 2. The van der Waals surface area contributed by atoms with Gasteiger partial charge in [0.25, 0.3) is 0 Å². The topological polar surface area (TPSA) is 98.6 Å². The largest absolute Gasteiger partial charge is 0.481 e. The fraction of sp³-hybridized carbons (Fsp3) is 0.419. The number of rotatable bonds is 12. The van der Waals surface area contributed by atoms with Crippen LogP contribution in [0.5, 0.6) is 0 Å². The molecule has 230 valence electrons. The lowest BCUT2D eigenvalue weighted by Crippen LogP contribution is -2.44. The van der Waals surface area contributed by atoms with Gasteiger partial charge in [0, 0.05) is 53.8 Å². The predicted octanol–water partition coefficient (Wildman–Crippen LogP) is 5.25. The molecule has 0 radical (unpaired) electrons. The normalized spacial score (nSPS) is 14.2. The molecule has 1 aromatic heterocycles. The number of fused-ring (bicyclic) bond motifs is 1. The van der Waals surface area contributed by atoms with Crippen LogP contribution in [-0.4, -0.2) is 77.6 Å². The number of hydrogen-bond acceptors (Lipinski definition) is 6. The fourth-order valence-corrected chi connectivity index (χ4v) is 5.44. The van der Waals surface area contributed by atoms with Crippen LogP contribution in [0, 0.1) is 11.8 Å². The van der Waals surface area contributed by atoms with Crippen LogP contribution in [0.15, 0.2) is 53.4 Å². The first-order chi connectivity index (χ1) is 20.6. The molecule has 0 aliphatic carbocycles. The quantitative estimate of drug-likeness (QED) is 0.126. The maximum absolute atomic E-state index is 13.6. The molecule has 0 unspecified atom stereocenters. The number of piperidine rings is 1. The van der Waals surface area contributed by atoms with E-state index in [0.29, 0.717) is 42.7 Å². The lowest BCUT2D eigenvalue weighted by molar-refractivity contribution is -0.140. The highest BCUT2D eigenvalue weighted by molar-refractivity contribution is 7.98. The molecule has 12 heteroatoms. The maximum atomic E-state index is 13.6. The summed E-state index contributed by atoms with van der Waals surface area (Å²) < 4.78 is 41.9. The van der Waals surface area contributed by atoms with E-state index in [9.17, 15) is 22.8 Å². The number of amides is 1. The van der Waals surface area contributed by atoms with Gasteiger partial charge in [0.1, 0.15) is 6.54 Å². The second kappa shape index (κ2) is 15.1. The molecule has 2 aromatic carbocycles. The minimum Gasteiger partial charge on any atom is -0.481 e. The van der Waals surface area contributed by atoms with Crippen molar-refractivity contribution >= 4 is 45.9 Å². The molecule has 1 saturated heterocycles. The molecule has 0 bridgehead atoms. The number of carboxylic acids is 1. The molecule has 43 heavy (non-hydrogen) atoms. The van der Waals surface area contributed by atoms with Gasteiger partial charge in [-0.1, -0.05) is 12.0 Å². The second-order valence-electron chi connectivity index (χ2n) is 10.4. The lowest BCUT2D eigenvalue weighted by atomic mass is 10.0. The molecule has 1 aliphatic heterocycles. The first-order valence-corrected chi connectivity index (χ1v) is 15.4.